The van der Waals surface area contributed by atoms with Crippen LogP contribution in [0.25, 0.3) is 0 Å². The Kier molecular flexibility index (Phi) is 10.4. The van der Waals surface area contributed by atoms with Crippen LogP contribution in [-0.4, -0.2) is 76.4 Å². The SMILES string of the molecule is CC(C)C[C@H](c1nnnn1CCc1ccccc1)N1CCN([C@@H](CC(C)C)c2nnnn2CCc2ccccc2)CC1. The molecule has 0 aliphatic carbocycles. The van der Waals surface area contributed by atoms with Crippen molar-refractivity contribution in [1.29, 1.82) is 0 Å². The maximum Gasteiger partial charge on any atom is 0.168 e. The van der Waals surface area contributed by atoms with Crippen LogP contribution in [0.2, 0.25) is 0 Å². The average Bonchev–Trinajstić information content (AvgIpc) is 3.67. The number of hydrogen-bond acceptors (Lipinski definition) is 8. The summed E-state index contributed by atoms with van der Waals surface area (Å²) in [6, 6.07) is 21.5. The summed E-state index contributed by atoms with van der Waals surface area (Å²) in [7, 11) is 0. The lowest BCUT2D eigenvalue weighted by Crippen LogP contribution is -2.50. The van der Waals surface area contributed by atoms with Gasteiger partial charge in [0.15, 0.2) is 11.6 Å². The third kappa shape index (κ3) is 7.86. The zero-order valence-electron chi connectivity index (χ0n) is 25.6. The lowest BCUT2D eigenvalue weighted by Gasteiger charge is -2.42. The number of benzene rings is 2. The van der Waals surface area contributed by atoms with Gasteiger partial charge in [-0.2, -0.15) is 0 Å². The number of aryl methyl sites for hydroxylation is 4. The van der Waals surface area contributed by atoms with Crippen LogP contribution in [0.3, 0.4) is 0 Å². The van der Waals surface area contributed by atoms with Gasteiger partial charge in [0.05, 0.1) is 12.1 Å². The van der Waals surface area contributed by atoms with Crippen LogP contribution in [0.5, 0.6) is 0 Å². The molecule has 1 fully saturated rings. The van der Waals surface area contributed by atoms with Gasteiger partial charge in [0.2, 0.25) is 0 Å². The van der Waals surface area contributed by atoms with Crippen molar-refractivity contribution in [3.63, 3.8) is 0 Å². The van der Waals surface area contributed by atoms with Gasteiger partial charge in [0, 0.05) is 39.3 Å². The third-order valence-electron chi connectivity index (χ3n) is 8.25. The number of nitrogens with zero attached hydrogens (tertiary/aromatic N) is 10. The molecule has 0 radical (unpaired) electrons. The van der Waals surface area contributed by atoms with Gasteiger partial charge >= 0.3 is 0 Å². The fraction of sp³-hybridized carbons (Fsp3) is 0.562. The van der Waals surface area contributed by atoms with Gasteiger partial charge in [0.1, 0.15) is 0 Å². The van der Waals surface area contributed by atoms with Crippen LogP contribution in [0, 0.1) is 11.8 Å². The highest BCUT2D eigenvalue weighted by molar-refractivity contribution is 5.15. The van der Waals surface area contributed by atoms with Gasteiger partial charge < -0.3 is 0 Å². The van der Waals surface area contributed by atoms with E-state index in [-0.39, 0.29) is 12.1 Å². The summed E-state index contributed by atoms with van der Waals surface area (Å²) in [5.74, 6) is 3.04. The van der Waals surface area contributed by atoms with E-state index in [1.54, 1.807) is 0 Å². The molecule has 0 amide bonds. The van der Waals surface area contributed by atoms with E-state index in [9.17, 15) is 0 Å². The van der Waals surface area contributed by atoms with Crippen LogP contribution in [0.15, 0.2) is 60.7 Å². The monoisotopic (exact) mass is 570 g/mol. The first-order chi connectivity index (χ1) is 20.5. The Hall–Kier alpha value is -3.50. The molecule has 1 saturated heterocycles. The minimum absolute atomic E-state index is 0.192. The van der Waals surface area contributed by atoms with Gasteiger partial charge in [-0.15, -0.1) is 10.2 Å². The lowest BCUT2D eigenvalue weighted by molar-refractivity contribution is 0.0472. The average molecular weight is 571 g/mol. The van der Waals surface area contributed by atoms with Crippen molar-refractivity contribution < 1.29 is 0 Å². The van der Waals surface area contributed by atoms with Crippen LogP contribution in [-0.2, 0) is 25.9 Å². The molecule has 2 aromatic heterocycles. The molecule has 4 aromatic rings. The molecule has 0 unspecified atom stereocenters. The first-order valence-electron chi connectivity index (χ1n) is 15.6. The zero-order valence-corrected chi connectivity index (χ0v) is 25.6. The molecule has 224 valence electrons. The summed E-state index contributed by atoms with van der Waals surface area (Å²) in [6.07, 6.45) is 3.88. The second-order valence-electron chi connectivity index (χ2n) is 12.4. The Morgan fingerprint density at radius 3 is 1.31 bits per heavy atom. The van der Waals surface area contributed by atoms with Gasteiger partial charge in [-0.1, -0.05) is 88.4 Å². The van der Waals surface area contributed by atoms with E-state index in [2.05, 4.69) is 129 Å². The summed E-state index contributed by atoms with van der Waals surface area (Å²) in [4.78, 5) is 5.18. The Labute approximate surface area is 250 Å². The van der Waals surface area contributed by atoms with Crippen molar-refractivity contribution in [2.75, 3.05) is 26.2 Å². The van der Waals surface area contributed by atoms with Crippen molar-refractivity contribution in [3.05, 3.63) is 83.4 Å². The second-order valence-corrected chi connectivity index (χ2v) is 12.4. The molecular weight excluding hydrogens is 524 g/mol. The summed E-state index contributed by atoms with van der Waals surface area (Å²) < 4.78 is 4.05. The first-order valence-corrected chi connectivity index (χ1v) is 15.6. The summed E-state index contributed by atoms with van der Waals surface area (Å²) in [6.45, 7) is 14.6. The number of aromatic nitrogens is 8. The molecule has 3 heterocycles. The first kappa shape index (κ1) is 30.0. The number of piperazine rings is 1. The number of rotatable bonds is 14. The largest absolute Gasteiger partial charge is 0.291 e. The molecule has 0 bridgehead atoms. The molecule has 1 aliphatic heterocycles. The number of hydrogen-bond donors (Lipinski definition) is 0. The fourth-order valence-corrected chi connectivity index (χ4v) is 6.07. The molecule has 10 heteroatoms. The zero-order chi connectivity index (χ0) is 29.3. The molecule has 42 heavy (non-hydrogen) atoms. The third-order valence-corrected chi connectivity index (χ3v) is 8.25. The summed E-state index contributed by atoms with van der Waals surface area (Å²) in [5, 5.41) is 26.2. The minimum Gasteiger partial charge on any atom is -0.291 e. The number of tetrazole rings is 2. The van der Waals surface area contributed by atoms with E-state index in [1.165, 1.54) is 11.1 Å². The van der Waals surface area contributed by atoms with E-state index in [1.807, 2.05) is 9.36 Å². The predicted octanol–water partition coefficient (Wildman–Crippen LogP) is 4.64. The second kappa shape index (κ2) is 14.6. The Balaban J connectivity index is 1.27. The van der Waals surface area contributed by atoms with Gasteiger partial charge in [0.25, 0.3) is 0 Å². The maximum absolute atomic E-state index is 4.56. The molecule has 10 nitrogen and oxygen atoms in total. The molecule has 2 aromatic carbocycles. The highest BCUT2D eigenvalue weighted by Crippen LogP contribution is 2.31. The van der Waals surface area contributed by atoms with E-state index < -0.39 is 0 Å². The van der Waals surface area contributed by atoms with Crippen LogP contribution in [0.1, 0.15) is 75.4 Å². The van der Waals surface area contributed by atoms with Gasteiger partial charge in [-0.05, 0) is 69.5 Å². The molecule has 5 rings (SSSR count). The van der Waals surface area contributed by atoms with Crippen molar-refractivity contribution >= 4 is 0 Å². The molecule has 0 saturated carbocycles. The molecule has 2 atom stereocenters. The topological polar surface area (TPSA) is 93.7 Å². The van der Waals surface area contributed by atoms with Crippen molar-refractivity contribution in [2.24, 2.45) is 11.8 Å². The highest BCUT2D eigenvalue weighted by atomic mass is 15.6. The van der Waals surface area contributed by atoms with Crippen LogP contribution in [0.4, 0.5) is 0 Å². The van der Waals surface area contributed by atoms with E-state index >= 15 is 0 Å². The molecular formula is C32H46N10. The Morgan fingerprint density at radius 2 is 0.952 bits per heavy atom. The standard InChI is InChI=1S/C32H46N10/c1-25(2)23-29(31-33-35-37-41(31)17-15-27-11-7-5-8-12-27)39-19-21-40(22-20-39)30(24-26(3)4)32-34-36-38-42(32)18-16-28-13-9-6-10-14-28/h5-14,25-26,29-30H,15-24H2,1-4H3/t29-,30+. The Morgan fingerprint density at radius 1 is 0.571 bits per heavy atom. The predicted molar refractivity (Wildman–Crippen MR) is 163 cm³/mol. The fourth-order valence-electron chi connectivity index (χ4n) is 6.07. The van der Waals surface area contributed by atoms with Crippen molar-refractivity contribution in [2.45, 2.75) is 78.6 Å². The summed E-state index contributed by atoms with van der Waals surface area (Å²) in [5.41, 5.74) is 2.60. The smallest absolute Gasteiger partial charge is 0.168 e. The van der Waals surface area contributed by atoms with Gasteiger partial charge in [-0.25, -0.2) is 9.36 Å². The van der Waals surface area contributed by atoms with Crippen LogP contribution < -0.4 is 0 Å². The van der Waals surface area contributed by atoms with Crippen LogP contribution >= 0.6 is 0 Å². The lowest BCUT2D eigenvalue weighted by atomic mass is 9.98. The molecule has 0 N–H and O–H groups in total. The quantitative estimate of drug-likeness (QED) is 0.217. The summed E-state index contributed by atoms with van der Waals surface area (Å²) >= 11 is 0. The normalized spacial score (nSPS) is 16.3. The van der Waals surface area contributed by atoms with Gasteiger partial charge in [-0.3, -0.25) is 9.80 Å². The maximum atomic E-state index is 4.56. The molecule has 0 spiro atoms. The van der Waals surface area contributed by atoms with E-state index in [4.69, 9.17) is 0 Å². The minimum atomic E-state index is 0.192. The molecule has 1 aliphatic rings. The van der Waals surface area contributed by atoms with Crippen molar-refractivity contribution in [1.82, 2.24) is 50.2 Å². The highest BCUT2D eigenvalue weighted by Gasteiger charge is 2.34. The van der Waals surface area contributed by atoms with Crippen molar-refractivity contribution in [3.8, 4) is 0 Å². The Bertz CT molecular complexity index is 1220. The van der Waals surface area contributed by atoms with E-state index in [0.717, 1.165) is 76.6 Å². The van der Waals surface area contributed by atoms with E-state index in [0.29, 0.717) is 11.8 Å².